The summed E-state index contributed by atoms with van der Waals surface area (Å²) in [6, 6.07) is 2.38. The molecule has 9 nitrogen and oxygen atoms in total. The lowest BCUT2D eigenvalue weighted by molar-refractivity contribution is -0.141. The van der Waals surface area contributed by atoms with E-state index in [0.717, 1.165) is 10.7 Å². The minimum absolute atomic E-state index is 0.0614. The van der Waals surface area contributed by atoms with E-state index in [2.05, 4.69) is 25.4 Å². The molecule has 0 aliphatic heterocycles. The van der Waals surface area contributed by atoms with Gasteiger partial charge < -0.3 is 9.88 Å². The minimum Gasteiger partial charge on any atom is -0.329 e. The molecule has 0 aromatic carbocycles. The lowest BCUT2D eigenvalue weighted by atomic mass is 10.1. The van der Waals surface area contributed by atoms with Crippen LogP contribution >= 0.6 is 0 Å². The number of nitrogens with zero attached hydrogens (tertiary/aromatic N) is 6. The van der Waals surface area contributed by atoms with Crippen molar-refractivity contribution in [3.05, 3.63) is 65.8 Å². The van der Waals surface area contributed by atoms with E-state index in [0.29, 0.717) is 16.6 Å². The van der Waals surface area contributed by atoms with E-state index in [4.69, 9.17) is 0 Å². The number of pyridine rings is 1. The third kappa shape index (κ3) is 4.51. The Kier molecular flexibility index (Phi) is 5.90. The van der Waals surface area contributed by atoms with E-state index < -0.39 is 24.3 Å². The molecule has 0 bridgehead atoms. The van der Waals surface area contributed by atoms with Gasteiger partial charge in [-0.05, 0) is 32.9 Å². The highest BCUT2D eigenvalue weighted by Crippen LogP contribution is 2.28. The molecule has 1 amide bonds. The zero-order valence-electron chi connectivity index (χ0n) is 18.5. The molecule has 4 aromatic heterocycles. The first kappa shape index (κ1) is 23.1. The molecular weight excluding hydrogens is 451 g/mol. The number of hydrogen-bond acceptors (Lipinski definition) is 6. The van der Waals surface area contributed by atoms with Gasteiger partial charge in [-0.2, -0.15) is 18.3 Å². The van der Waals surface area contributed by atoms with Gasteiger partial charge >= 0.3 is 6.18 Å². The lowest BCUT2D eigenvalue weighted by Crippen LogP contribution is -2.21. The van der Waals surface area contributed by atoms with Crippen molar-refractivity contribution in [1.29, 1.82) is 0 Å². The number of fused-ring (bicyclic) bond motifs is 1. The number of aryl methyl sites for hydroxylation is 1. The highest BCUT2D eigenvalue weighted by molar-refractivity contribution is 6.16. The largest absolute Gasteiger partial charge is 0.435 e. The van der Waals surface area contributed by atoms with E-state index in [1.807, 2.05) is 18.4 Å². The van der Waals surface area contributed by atoms with Crippen LogP contribution in [0.4, 0.5) is 18.9 Å². The van der Waals surface area contributed by atoms with Crippen molar-refractivity contribution in [1.82, 2.24) is 29.3 Å². The Morgan fingerprint density at radius 2 is 1.88 bits per heavy atom. The Bertz CT molecular complexity index is 1390. The smallest absolute Gasteiger partial charge is 0.329 e. The number of anilines is 1. The Hall–Kier alpha value is -4.09. The second-order valence-corrected chi connectivity index (χ2v) is 7.97. The normalized spacial score (nSPS) is 11.9. The van der Waals surface area contributed by atoms with Gasteiger partial charge in [0.05, 0.1) is 17.4 Å². The summed E-state index contributed by atoms with van der Waals surface area (Å²) in [6.45, 7) is 4.92. The molecule has 4 rings (SSSR count). The highest BCUT2D eigenvalue weighted by atomic mass is 19.4. The predicted molar refractivity (Wildman–Crippen MR) is 116 cm³/mol. The van der Waals surface area contributed by atoms with E-state index in [-0.39, 0.29) is 28.8 Å². The van der Waals surface area contributed by atoms with Crippen molar-refractivity contribution < 1.29 is 22.8 Å². The standard InChI is InChI=1S/C22H20F3N7O2/c1-12(2)31-9-17(16-8-27-11-28-21(16)31)20(34)14-5-15(7-26-6-14)29-19(33)10-32-13(3)4-18(30-32)22(23,24)25/h4-9,11-12H,10H2,1-3H3,(H,29,33). The number of aromatic nitrogens is 6. The monoisotopic (exact) mass is 471 g/mol. The van der Waals surface area contributed by atoms with Crippen molar-refractivity contribution in [2.24, 2.45) is 0 Å². The number of alkyl halides is 3. The van der Waals surface area contributed by atoms with Crippen LogP contribution in [-0.2, 0) is 17.5 Å². The first-order valence-electron chi connectivity index (χ1n) is 10.3. The summed E-state index contributed by atoms with van der Waals surface area (Å²) in [7, 11) is 0. The maximum atomic E-state index is 13.2. The molecule has 0 spiro atoms. The van der Waals surface area contributed by atoms with Crippen molar-refractivity contribution >= 4 is 28.4 Å². The van der Waals surface area contributed by atoms with Gasteiger partial charge in [0.15, 0.2) is 11.5 Å². The van der Waals surface area contributed by atoms with Crippen LogP contribution in [0, 0.1) is 6.92 Å². The second kappa shape index (κ2) is 8.69. The van der Waals surface area contributed by atoms with Gasteiger partial charge in [-0.1, -0.05) is 0 Å². The first-order chi connectivity index (χ1) is 16.0. The van der Waals surface area contributed by atoms with Gasteiger partial charge in [-0.25, -0.2) is 9.97 Å². The topological polar surface area (TPSA) is 108 Å². The molecular formula is C22H20F3N7O2. The number of carbonyl (C=O) groups excluding carboxylic acids is 2. The van der Waals surface area contributed by atoms with Crippen LogP contribution in [0.25, 0.3) is 11.0 Å². The van der Waals surface area contributed by atoms with Gasteiger partial charge in [0.25, 0.3) is 0 Å². The molecule has 0 atom stereocenters. The summed E-state index contributed by atoms with van der Waals surface area (Å²) in [5.41, 5.74) is 0.574. The van der Waals surface area contributed by atoms with Crippen LogP contribution in [-0.4, -0.2) is 41.0 Å². The number of halogens is 3. The summed E-state index contributed by atoms with van der Waals surface area (Å²) in [5.74, 6) is -0.948. The Morgan fingerprint density at radius 1 is 1.12 bits per heavy atom. The molecule has 0 unspecified atom stereocenters. The number of carbonyl (C=O) groups is 2. The minimum atomic E-state index is -4.60. The SMILES string of the molecule is Cc1cc(C(F)(F)F)nn1CC(=O)Nc1cncc(C(=O)c2cn(C(C)C)c3ncncc23)c1. The molecule has 0 fully saturated rings. The predicted octanol–water partition coefficient (Wildman–Crippen LogP) is 3.80. The molecule has 4 heterocycles. The third-order valence-corrected chi connectivity index (χ3v) is 5.14. The number of amides is 1. The maximum absolute atomic E-state index is 13.2. The molecule has 176 valence electrons. The van der Waals surface area contributed by atoms with Gasteiger partial charge in [0, 0.05) is 41.3 Å². The van der Waals surface area contributed by atoms with Crippen LogP contribution in [0.2, 0.25) is 0 Å². The van der Waals surface area contributed by atoms with Crippen molar-refractivity contribution in [2.45, 2.75) is 39.5 Å². The van der Waals surface area contributed by atoms with Gasteiger partial charge in [-0.3, -0.25) is 19.3 Å². The van der Waals surface area contributed by atoms with Crippen molar-refractivity contribution in [3.8, 4) is 0 Å². The Morgan fingerprint density at radius 3 is 2.56 bits per heavy atom. The van der Waals surface area contributed by atoms with Crippen molar-refractivity contribution in [3.63, 3.8) is 0 Å². The fourth-order valence-electron chi connectivity index (χ4n) is 3.50. The quantitative estimate of drug-likeness (QED) is 0.429. The molecule has 34 heavy (non-hydrogen) atoms. The van der Waals surface area contributed by atoms with Crippen LogP contribution < -0.4 is 5.32 Å². The van der Waals surface area contributed by atoms with Crippen LogP contribution in [0.5, 0.6) is 0 Å². The summed E-state index contributed by atoms with van der Waals surface area (Å²) < 4.78 is 41.4. The fourth-order valence-corrected chi connectivity index (χ4v) is 3.50. The van der Waals surface area contributed by atoms with E-state index in [1.54, 1.807) is 12.4 Å². The maximum Gasteiger partial charge on any atom is 0.435 e. The van der Waals surface area contributed by atoms with Gasteiger partial charge in [0.1, 0.15) is 18.5 Å². The number of nitrogens with one attached hydrogen (secondary N) is 1. The molecule has 1 N–H and O–H groups in total. The Labute approximate surface area is 191 Å². The van der Waals surface area contributed by atoms with E-state index >= 15 is 0 Å². The van der Waals surface area contributed by atoms with E-state index in [1.165, 1.54) is 31.7 Å². The molecule has 0 aliphatic rings. The molecule has 0 aliphatic carbocycles. The summed E-state index contributed by atoms with van der Waals surface area (Å²) >= 11 is 0. The number of hydrogen-bond donors (Lipinski definition) is 1. The fraction of sp³-hybridized carbons (Fsp3) is 0.273. The number of rotatable bonds is 6. The Balaban J connectivity index is 1.55. The van der Waals surface area contributed by atoms with E-state index in [9.17, 15) is 22.8 Å². The van der Waals surface area contributed by atoms with Crippen molar-refractivity contribution in [2.75, 3.05) is 5.32 Å². The van der Waals surface area contributed by atoms with Crippen LogP contribution in [0.15, 0.2) is 43.2 Å². The average molecular weight is 471 g/mol. The molecule has 0 radical (unpaired) electrons. The summed E-state index contributed by atoms with van der Waals surface area (Å²) in [4.78, 5) is 37.9. The zero-order valence-corrected chi connectivity index (χ0v) is 18.5. The average Bonchev–Trinajstić information content (AvgIpc) is 3.34. The summed E-state index contributed by atoms with van der Waals surface area (Å²) in [6.07, 6.45) is 2.78. The first-order valence-corrected chi connectivity index (χ1v) is 10.3. The summed E-state index contributed by atoms with van der Waals surface area (Å²) in [5, 5.41) is 6.58. The molecule has 4 aromatic rings. The molecule has 12 heteroatoms. The van der Waals surface area contributed by atoms with Crippen LogP contribution in [0.1, 0.15) is 47.2 Å². The lowest BCUT2D eigenvalue weighted by Gasteiger charge is -2.08. The molecule has 0 saturated heterocycles. The third-order valence-electron chi connectivity index (χ3n) is 5.14. The second-order valence-electron chi connectivity index (χ2n) is 7.97. The van der Waals surface area contributed by atoms with Gasteiger partial charge in [0.2, 0.25) is 5.91 Å². The highest BCUT2D eigenvalue weighted by Gasteiger charge is 2.34. The van der Waals surface area contributed by atoms with Gasteiger partial charge in [-0.15, -0.1) is 0 Å². The van der Waals surface area contributed by atoms with Crippen LogP contribution in [0.3, 0.4) is 0 Å². The zero-order chi connectivity index (χ0) is 24.6. The number of ketones is 1. The molecule has 0 saturated carbocycles.